The number of hydrogen-bond acceptors (Lipinski definition) is 2. The first-order valence-electron chi connectivity index (χ1n) is 4.44. The Hall–Kier alpha value is -0.0800. The van der Waals surface area contributed by atoms with Crippen molar-refractivity contribution in [1.29, 1.82) is 0 Å². The molecule has 0 saturated heterocycles. The van der Waals surface area contributed by atoms with Gasteiger partial charge in [0.05, 0.1) is 6.10 Å². The third-order valence-electron chi connectivity index (χ3n) is 3.02. The normalized spacial score (nSPS) is 45.8. The zero-order valence-corrected chi connectivity index (χ0v) is 7.72. The van der Waals surface area contributed by atoms with Crippen molar-refractivity contribution in [2.24, 2.45) is 5.92 Å². The zero-order chi connectivity index (χ0) is 8.48. The predicted molar refractivity (Wildman–Crippen MR) is 46.5 cm³/mol. The van der Waals surface area contributed by atoms with Crippen LogP contribution in [-0.4, -0.2) is 23.8 Å². The van der Waals surface area contributed by atoms with Crippen molar-refractivity contribution in [1.82, 2.24) is 5.32 Å². The number of aliphatic hydroxyl groups is 1. The van der Waals surface area contributed by atoms with E-state index in [9.17, 15) is 5.11 Å². The molecule has 1 aliphatic rings. The van der Waals surface area contributed by atoms with Gasteiger partial charge in [0, 0.05) is 5.54 Å². The van der Waals surface area contributed by atoms with Gasteiger partial charge in [0.2, 0.25) is 0 Å². The average Bonchev–Trinajstić information content (AvgIpc) is 1.98. The first kappa shape index (κ1) is 9.01. The molecule has 0 radical (unpaired) electrons. The molecule has 0 bridgehead atoms. The monoisotopic (exact) mass is 157 g/mol. The summed E-state index contributed by atoms with van der Waals surface area (Å²) < 4.78 is 0. The van der Waals surface area contributed by atoms with Crippen molar-refractivity contribution in [2.75, 3.05) is 7.05 Å². The summed E-state index contributed by atoms with van der Waals surface area (Å²) in [7, 11) is 2.00. The summed E-state index contributed by atoms with van der Waals surface area (Å²) in [6.07, 6.45) is 3.05. The van der Waals surface area contributed by atoms with E-state index in [2.05, 4.69) is 19.2 Å². The topological polar surface area (TPSA) is 32.3 Å². The minimum atomic E-state index is -0.0728. The van der Waals surface area contributed by atoms with E-state index in [-0.39, 0.29) is 11.6 Å². The highest BCUT2D eigenvalue weighted by Crippen LogP contribution is 2.31. The molecule has 0 amide bonds. The van der Waals surface area contributed by atoms with E-state index in [4.69, 9.17) is 0 Å². The Labute approximate surface area is 69.0 Å². The van der Waals surface area contributed by atoms with Gasteiger partial charge < -0.3 is 10.4 Å². The Morgan fingerprint density at radius 2 is 2.18 bits per heavy atom. The molecule has 1 fully saturated rings. The number of hydrogen-bond donors (Lipinski definition) is 2. The average molecular weight is 157 g/mol. The Kier molecular flexibility index (Phi) is 2.55. The van der Waals surface area contributed by atoms with E-state index in [0.29, 0.717) is 5.92 Å². The Bertz CT molecular complexity index is 138. The Morgan fingerprint density at radius 1 is 1.55 bits per heavy atom. The Morgan fingerprint density at radius 3 is 2.64 bits per heavy atom. The number of rotatable bonds is 1. The fraction of sp³-hybridized carbons (Fsp3) is 1.00. The van der Waals surface area contributed by atoms with E-state index < -0.39 is 0 Å². The van der Waals surface area contributed by atoms with Crippen molar-refractivity contribution in [3.63, 3.8) is 0 Å². The molecule has 1 unspecified atom stereocenters. The van der Waals surface area contributed by atoms with Gasteiger partial charge in [0.15, 0.2) is 0 Å². The third kappa shape index (κ3) is 1.94. The minimum absolute atomic E-state index is 0.0728. The maximum Gasteiger partial charge on any atom is 0.0567 e. The standard InChI is InChI=1S/C9H19NO/c1-7-6-9(2,10-3)5-4-8(7)11/h7-8,10-11H,4-6H2,1-3H3/t7?,8-,9+/m1/s1. The largest absolute Gasteiger partial charge is 0.393 e. The molecule has 66 valence electrons. The molecule has 2 nitrogen and oxygen atoms in total. The van der Waals surface area contributed by atoms with Gasteiger partial charge in [-0.2, -0.15) is 0 Å². The fourth-order valence-corrected chi connectivity index (χ4v) is 1.93. The van der Waals surface area contributed by atoms with E-state index in [1.165, 1.54) is 0 Å². The molecule has 1 aliphatic carbocycles. The summed E-state index contributed by atoms with van der Waals surface area (Å²) in [5.41, 5.74) is 0.263. The van der Waals surface area contributed by atoms with Crippen LogP contribution in [-0.2, 0) is 0 Å². The lowest BCUT2D eigenvalue weighted by Gasteiger charge is -2.39. The van der Waals surface area contributed by atoms with Gasteiger partial charge in [-0.05, 0) is 39.2 Å². The van der Waals surface area contributed by atoms with E-state index in [1.807, 2.05) is 7.05 Å². The van der Waals surface area contributed by atoms with Gasteiger partial charge >= 0.3 is 0 Å². The maximum atomic E-state index is 9.48. The second kappa shape index (κ2) is 3.11. The van der Waals surface area contributed by atoms with Gasteiger partial charge in [-0.15, -0.1) is 0 Å². The van der Waals surface area contributed by atoms with E-state index in [0.717, 1.165) is 19.3 Å². The second-order valence-corrected chi connectivity index (χ2v) is 4.10. The first-order chi connectivity index (χ1) is 5.07. The molecule has 3 atom stereocenters. The number of aliphatic hydroxyl groups excluding tert-OH is 1. The molecule has 0 spiro atoms. The summed E-state index contributed by atoms with van der Waals surface area (Å²) in [6.45, 7) is 4.36. The second-order valence-electron chi connectivity index (χ2n) is 4.10. The van der Waals surface area contributed by atoms with Gasteiger partial charge in [-0.3, -0.25) is 0 Å². The third-order valence-corrected chi connectivity index (χ3v) is 3.02. The lowest BCUT2D eigenvalue weighted by atomic mass is 9.76. The first-order valence-corrected chi connectivity index (χ1v) is 4.44. The molecular weight excluding hydrogens is 138 g/mol. The molecule has 0 aromatic heterocycles. The molecule has 2 N–H and O–H groups in total. The maximum absolute atomic E-state index is 9.48. The van der Waals surface area contributed by atoms with Crippen LogP contribution < -0.4 is 5.32 Å². The SMILES string of the molecule is CN[C@@]1(C)CC[C@@H](O)C(C)C1. The van der Waals surface area contributed by atoms with Crippen molar-refractivity contribution in [2.45, 2.75) is 44.8 Å². The van der Waals surface area contributed by atoms with Crippen molar-refractivity contribution < 1.29 is 5.11 Å². The lowest BCUT2D eigenvalue weighted by molar-refractivity contribution is 0.0432. The van der Waals surface area contributed by atoms with Crippen LogP contribution in [0.15, 0.2) is 0 Å². The lowest BCUT2D eigenvalue weighted by Crippen LogP contribution is -2.47. The van der Waals surface area contributed by atoms with Crippen LogP contribution >= 0.6 is 0 Å². The van der Waals surface area contributed by atoms with Gasteiger partial charge in [0.1, 0.15) is 0 Å². The molecular formula is C9H19NO. The summed E-state index contributed by atoms with van der Waals surface area (Å²) in [6, 6.07) is 0. The van der Waals surface area contributed by atoms with Crippen molar-refractivity contribution in [3.8, 4) is 0 Å². The predicted octanol–water partition coefficient (Wildman–Crippen LogP) is 1.15. The molecule has 0 heterocycles. The van der Waals surface area contributed by atoms with Crippen LogP contribution in [0.1, 0.15) is 33.1 Å². The quantitative estimate of drug-likeness (QED) is 0.598. The zero-order valence-electron chi connectivity index (χ0n) is 7.72. The smallest absolute Gasteiger partial charge is 0.0567 e. The molecule has 0 aromatic carbocycles. The minimum Gasteiger partial charge on any atom is -0.393 e. The van der Waals surface area contributed by atoms with E-state index >= 15 is 0 Å². The Balaban J connectivity index is 2.51. The molecule has 0 aromatic rings. The molecule has 2 heteroatoms. The summed E-state index contributed by atoms with van der Waals surface area (Å²) >= 11 is 0. The van der Waals surface area contributed by atoms with Crippen molar-refractivity contribution in [3.05, 3.63) is 0 Å². The van der Waals surface area contributed by atoms with Crippen LogP contribution in [0.4, 0.5) is 0 Å². The van der Waals surface area contributed by atoms with Crippen LogP contribution in [0.2, 0.25) is 0 Å². The molecule has 1 rings (SSSR count). The highest BCUT2D eigenvalue weighted by molar-refractivity contribution is 4.90. The van der Waals surface area contributed by atoms with Gasteiger partial charge in [0.25, 0.3) is 0 Å². The summed E-state index contributed by atoms with van der Waals surface area (Å²) in [5, 5.41) is 12.8. The van der Waals surface area contributed by atoms with Gasteiger partial charge in [-0.25, -0.2) is 0 Å². The van der Waals surface area contributed by atoms with Crippen LogP contribution in [0.25, 0.3) is 0 Å². The fourth-order valence-electron chi connectivity index (χ4n) is 1.93. The molecule has 11 heavy (non-hydrogen) atoms. The van der Waals surface area contributed by atoms with E-state index in [1.54, 1.807) is 0 Å². The number of nitrogens with one attached hydrogen (secondary N) is 1. The highest BCUT2D eigenvalue weighted by Gasteiger charge is 2.33. The summed E-state index contributed by atoms with van der Waals surface area (Å²) in [5.74, 6) is 0.446. The van der Waals surface area contributed by atoms with Gasteiger partial charge in [-0.1, -0.05) is 6.92 Å². The van der Waals surface area contributed by atoms with Crippen LogP contribution in [0.3, 0.4) is 0 Å². The molecule has 1 saturated carbocycles. The molecule has 0 aliphatic heterocycles. The summed E-state index contributed by atoms with van der Waals surface area (Å²) in [4.78, 5) is 0. The van der Waals surface area contributed by atoms with Crippen LogP contribution in [0.5, 0.6) is 0 Å². The van der Waals surface area contributed by atoms with Crippen LogP contribution in [0, 0.1) is 5.92 Å². The highest BCUT2D eigenvalue weighted by atomic mass is 16.3. The van der Waals surface area contributed by atoms with Crippen molar-refractivity contribution >= 4 is 0 Å².